The van der Waals surface area contributed by atoms with E-state index < -0.39 is 18.2 Å². The molecule has 0 bridgehead atoms. The maximum atomic E-state index is 13.2. The fourth-order valence-electron chi connectivity index (χ4n) is 7.32. The first-order valence-corrected chi connectivity index (χ1v) is 24.9. The Morgan fingerprint density at radius 1 is 0.500 bits per heavy atom. The zero-order valence-electron chi connectivity index (χ0n) is 38.4. The normalized spacial score (nSPS) is 13.7. The number of carbonyl (C=O) groups excluding carboxylic acids is 2. The standard InChI is InChI=1S/C52H95NO5/c1-4-7-10-13-16-19-22-24-25-26-27-28-29-31-34-37-40-43-48(58-52(57)45-42-39-36-33-21-18-15-12-9-6-3)46-51(56)53-49(47-54)50(55)44-41-38-35-32-30-23-20-17-14-11-8-5-2/h12,15-16,19,24-25,27-28,48-50,54-55H,4-11,13-14,17-18,20-23,26,29-47H2,1-3H3,(H,53,56)/b15-12-,19-16-,25-24-,28-27-. The van der Waals surface area contributed by atoms with Gasteiger partial charge in [0.25, 0.3) is 0 Å². The minimum Gasteiger partial charge on any atom is -0.462 e. The van der Waals surface area contributed by atoms with Crippen molar-refractivity contribution in [1.82, 2.24) is 5.32 Å². The number of ether oxygens (including phenoxy) is 1. The van der Waals surface area contributed by atoms with E-state index in [0.29, 0.717) is 19.3 Å². The summed E-state index contributed by atoms with van der Waals surface area (Å²) in [6.45, 7) is 6.38. The van der Waals surface area contributed by atoms with E-state index in [-0.39, 0.29) is 24.9 Å². The van der Waals surface area contributed by atoms with Crippen molar-refractivity contribution in [3.8, 4) is 0 Å². The summed E-state index contributed by atoms with van der Waals surface area (Å²) in [5.41, 5.74) is 0. The molecule has 338 valence electrons. The minimum absolute atomic E-state index is 0.0595. The van der Waals surface area contributed by atoms with Gasteiger partial charge in [-0.05, 0) is 83.5 Å². The molecule has 0 radical (unpaired) electrons. The number of aliphatic hydroxyl groups excluding tert-OH is 2. The molecule has 0 heterocycles. The van der Waals surface area contributed by atoms with Gasteiger partial charge in [-0.2, -0.15) is 0 Å². The van der Waals surface area contributed by atoms with Crippen LogP contribution in [-0.4, -0.2) is 46.9 Å². The van der Waals surface area contributed by atoms with Crippen LogP contribution in [0.15, 0.2) is 48.6 Å². The Labute approximate surface area is 359 Å². The smallest absolute Gasteiger partial charge is 0.306 e. The van der Waals surface area contributed by atoms with Crippen LogP contribution in [0.2, 0.25) is 0 Å². The molecule has 3 N–H and O–H groups in total. The molecular weight excluding hydrogens is 719 g/mol. The first kappa shape index (κ1) is 55.8. The maximum absolute atomic E-state index is 13.2. The van der Waals surface area contributed by atoms with Crippen LogP contribution in [0.3, 0.4) is 0 Å². The molecule has 0 saturated carbocycles. The summed E-state index contributed by atoms with van der Waals surface area (Å²) >= 11 is 0. The maximum Gasteiger partial charge on any atom is 0.306 e. The molecule has 3 unspecified atom stereocenters. The first-order chi connectivity index (χ1) is 28.5. The summed E-state index contributed by atoms with van der Waals surface area (Å²) in [7, 11) is 0. The van der Waals surface area contributed by atoms with Gasteiger partial charge in [-0.1, -0.05) is 198 Å². The molecule has 0 fully saturated rings. The number of hydrogen-bond donors (Lipinski definition) is 3. The van der Waals surface area contributed by atoms with Crippen molar-refractivity contribution in [1.29, 1.82) is 0 Å². The number of carbonyl (C=O) groups is 2. The Balaban J connectivity index is 4.63. The average Bonchev–Trinajstić information content (AvgIpc) is 3.22. The number of allylic oxidation sites excluding steroid dienone is 8. The highest BCUT2D eigenvalue weighted by Crippen LogP contribution is 2.17. The number of aliphatic hydroxyl groups is 2. The monoisotopic (exact) mass is 814 g/mol. The van der Waals surface area contributed by atoms with Crippen molar-refractivity contribution < 1.29 is 24.5 Å². The van der Waals surface area contributed by atoms with Gasteiger partial charge in [-0.25, -0.2) is 0 Å². The van der Waals surface area contributed by atoms with Crippen LogP contribution in [0.25, 0.3) is 0 Å². The third kappa shape index (κ3) is 40.6. The van der Waals surface area contributed by atoms with E-state index in [1.54, 1.807) is 0 Å². The number of amides is 1. The molecule has 0 aliphatic carbocycles. The van der Waals surface area contributed by atoms with Crippen molar-refractivity contribution in [2.24, 2.45) is 0 Å². The minimum atomic E-state index is -0.794. The van der Waals surface area contributed by atoms with Gasteiger partial charge in [0, 0.05) is 6.42 Å². The topological polar surface area (TPSA) is 95.9 Å². The molecule has 0 spiro atoms. The third-order valence-electron chi connectivity index (χ3n) is 11.1. The largest absolute Gasteiger partial charge is 0.462 e. The van der Waals surface area contributed by atoms with Crippen LogP contribution in [0.5, 0.6) is 0 Å². The number of hydrogen-bond acceptors (Lipinski definition) is 5. The predicted molar refractivity (Wildman–Crippen MR) is 250 cm³/mol. The Bertz CT molecular complexity index is 1000. The van der Waals surface area contributed by atoms with Gasteiger partial charge in [0.2, 0.25) is 5.91 Å². The van der Waals surface area contributed by atoms with Gasteiger partial charge >= 0.3 is 5.97 Å². The molecule has 0 aliphatic rings. The van der Waals surface area contributed by atoms with E-state index in [1.807, 2.05) is 0 Å². The van der Waals surface area contributed by atoms with Gasteiger partial charge in [0.05, 0.1) is 25.2 Å². The lowest BCUT2D eigenvalue weighted by atomic mass is 10.0. The lowest BCUT2D eigenvalue weighted by molar-refractivity contribution is -0.151. The molecule has 0 aliphatic heterocycles. The van der Waals surface area contributed by atoms with Crippen molar-refractivity contribution >= 4 is 11.9 Å². The molecule has 58 heavy (non-hydrogen) atoms. The zero-order valence-corrected chi connectivity index (χ0v) is 38.4. The summed E-state index contributed by atoms with van der Waals surface area (Å²) in [5.74, 6) is -0.506. The average molecular weight is 814 g/mol. The van der Waals surface area contributed by atoms with Crippen molar-refractivity contribution in [3.05, 3.63) is 48.6 Å². The summed E-state index contributed by atoms with van der Waals surface area (Å²) in [6.07, 6.45) is 54.5. The van der Waals surface area contributed by atoms with E-state index in [0.717, 1.165) is 96.3 Å². The van der Waals surface area contributed by atoms with Crippen LogP contribution in [-0.2, 0) is 14.3 Å². The van der Waals surface area contributed by atoms with Crippen LogP contribution in [0.4, 0.5) is 0 Å². The van der Waals surface area contributed by atoms with Crippen molar-refractivity contribution in [3.63, 3.8) is 0 Å². The second-order valence-corrected chi connectivity index (χ2v) is 16.9. The van der Waals surface area contributed by atoms with Crippen LogP contribution < -0.4 is 5.32 Å². The van der Waals surface area contributed by atoms with E-state index in [4.69, 9.17) is 4.74 Å². The second kappa shape index (κ2) is 45.9. The molecule has 6 nitrogen and oxygen atoms in total. The SMILES string of the molecule is CCC/C=C\CCCCCCCC(=O)OC(CCCCCC/C=C\C/C=C\C/C=C\CCCCC)CC(=O)NC(CO)C(O)CCCCCCCCCCCCCC. The highest BCUT2D eigenvalue weighted by atomic mass is 16.5. The Morgan fingerprint density at radius 2 is 0.914 bits per heavy atom. The van der Waals surface area contributed by atoms with Crippen LogP contribution in [0, 0.1) is 0 Å². The Hall–Kier alpha value is -2.18. The highest BCUT2D eigenvalue weighted by molar-refractivity contribution is 5.77. The summed E-state index contributed by atoms with van der Waals surface area (Å²) in [6, 6.07) is -0.709. The van der Waals surface area contributed by atoms with E-state index >= 15 is 0 Å². The molecule has 6 heteroatoms. The molecule has 0 saturated heterocycles. The Morgan fingerprint density at radius 3 is 1.45 bits per heavy atom. The van der Waals surface area contributed by atoms with Crippen molar-refractivity contribution in [2.75, 3.05) is 6.61 Å². The van der Waals surface area contributed by atoms with Gasteiger partial charge in [0.15, 0.2) is 0 Å². The van der Waals surface area contributed by atoms with Gasteiger partial charge < -0.3 is 20.3 Å². The first-order valence-electron chi connectivity index (χ1n) is 24.9. The molecule has 3 atom stereocenters. The number of rotatable bonds is 44. The van der Waals surface area contributed by atoms with E-state index in [1.165, 1.54) is 103 Å². The highest BCUT2D eigenvalue weighted by Gasteiger charge is 2.24. The fraction of sp³-hybridized carbons (Fsp3) is 0.808. The predicted octanol–water partition coefficient (Wildman–Crippen LogP) is 14.7. The molecule has 0 aromatic rings. The zero-order chi connectivity index (χ0) is 42.4. The van der Waals surface area contributed by atoms with Gasteiger partial charge in [-0.3, -0.25) is 9.59 Å². The van der Waals surface area contributed by atoms with Crippen LogP contribution in [0.1, 0.15) is 245 Å². The number of nitrogens with one attached hydrogen (secondary N) is 1. The fourth-order valence-corrected chi connectivity index (χ4v) is 7.32. The summed E-state index contributed by atoms with van der Waals surface area (Å²) < 4.78 is 5.90. The van der Waals surface area contributed by atoms with Crippen molar-refractivity contribution in [2.45, 2.75) is 264 Å². The van der Waals surface area contributed by atoms with E-state index in [2.05, 4.69) is 74.7 Å². The lowest BCUT2D eigenvalue weighted by Gasteiger charge is -2.24. The quantitative estimate of drug-likeness (QED) is 0.0323. The molecule has 0 rings (SSSR count). The Kier molecular flexibility index (Phi) is 44.2. The van der Waals surface area contributed by atoms with Gasteiger partial charge in [0.1, 0.15) is 6.10 Å². The number of unbranched alkanes of at least 4 members (excludes halogenated alkanes) is 24. The lowest BCUT2D eigenvalue weighted by Crippen LogP contribution is -2.46. The van der Waals surface area contributed by atoms with Crippen LogP contribution >= 0.6 is 0 Å². The second-order valence-electron chi connectivity index (χ2n) is 16.9. The van der Waals surface area contributed by atoms with E-state index in [9.17, 15) is 19.8 Å². The van der Waals surface area contributed by atoms with Gasteiger partial charge in [-0.15, -0.1) is 0 Å². The summed E-state index contributed by atoms with van der Waals surface area (Å²) in [4.78, 5) is 26.0. The molecule has 0 aromatic heterocycles. The third-order valence-corrected chi connectivity index (χ3v) is 11.1. The molecular formula is C52H95NO5. The summed E-state index contributed by atoms with van der Waals surface area (Å²) in [5, 5.41) is 23.7. The number of esters is 1. The molecule has 0 aromatic carbocycles. The molecule has 1 amide bonds.